The summed E-state index contributed by atoms with van der Waals surface area (Å²) in [6.07, 6.45) is 1.60. The average molecular weight is 99.1 g/mol. The van der Waals surface area contributed by atoms with Crippen molar-refractivity contribution in [3.63, 3.8) is 0 Å². The minimum Gasteiger partial charge on any atom is -0.323 e. The summed E-state index contributed by atoms with van der Waals surface area (Å²) in [6.45, 7) is 1.78. The topological polar surface area (TPSA) is 50.7 Å². The van der Waals surface area contributed by atoms with Gasteiger partial charge in [0.25, 0.3) is 0 Å². The molecule has 0 saturated carbocycles. The van der Waals surface area contributed by atoms with E-state index in [0.29, 0.717) is 0 Å². The number of rotatable bonds is 1. The van der Waals surface area contributed by atoms with Crippen molar-refractivity contribution in [3.8, 4) is 0 Å². The molecule has 0 aromatic rings. The van der Waals surface area contributed by atoms with Crippen molar-refractivity contribution >= 4 is 11.9 Å². The molecule has 0 aliphatic carbocycles. The Morgan fingerprint density at radius 3 is 2.43 bits per heavy atom. The predicted molar refractivity (Wildman–Crippen MR) is 31.7 cm³/mol. The van der Waals surface area contributed by atoms with E-state index in [1.165, 1.54) is 0 Å². The molecular weight excluding hydrogens is 90.1 g/mol. The van der Waals surface area contributed by atoms with E-state index in [9.17, 15) is 0 Å². The first-order valence-corrected chi connectivity index (χ1v) is 1.98. The van der Waals surface area contributed by atoms with Gasteiger partial charge in [-0.2, -0.15) is 5.10 Å². The van der Waals surface area contributed by atoms with E-state index in [4.69, 9.17) is 5.84 Å². The molecule has 0 heterocycles. The first-order chi connectivity index (χ1) is 3.31. The van der Waals surface area contributed by atoms with Crippen LogP contribution in [0.4, 0.5) is 0 Å². The van der Waals surface area contributed by atoms with Gasteiger partial charge in [0.15, 0.2) is 0 Å². The molecule has 2 N–H and O–H groups in total. The second kappa shape index (κ2) is 3.33. The molecule has 0 aromatic carbocycles. The van der Waals surface area contributed by atoms with E-state index >= 15 is 0 Å². The molecule has 0 atom stereocenters. The van der Waals surface area contributed by atoms with E-state index < -0.39 is 0 Å². The summed E-state index contributed by atoms with van der Waals surface area (Å²) in [5.74, 6) is 4.85. The minimum atomic E-state index is 0.738. The number of hydrogen-bond donors (Lipinski definition) is 1. The van der Waals surface area contributed by atoms with Crippen LogP contribution in [-0.4, -0.2) is 19.0 Å². The van der Waals surface area contributed by atoms with Crippen molar-refractivity contribution in [2.75, 3.05) is 7.05 Å². The van der Waals surface area contributed by atoms with Gasteiger partial charge >= 0.3 is 0 Å². The Morgan fingerprint density at radius 2 is 2.29 bits per heavy atom. The highest BCUT2D eigenvalue weighted by atomic mass is 15.1. The van der Waals surface area contributed by atoms with E-state index in [0.717, 1.165) is 5.71 Å². The van der Waals surface area contributed by atoms with Gasteiger partial charge < -0.3 is 5.84 Å². The fourth-order valence-corrected chi connectivity index (χ4v) is 0.220. The molecule has 3 nitrogen and oxygen atoms in total. The van der Waals surface area contributed by atoms with Crippen LogP contribution in [0.3, 0.4) is 0 Å². The highest BCUT2D eigenvalue weighted by Crippen LogP contribution is 1.62. The Balaban J connectivity index is 3.58. The van der Waals surface area contributed by atoms with E-state index in [2.05, 4.69) is 10.1 Å². The van der Waals surface area contributed by atoms with Crippen LogP contribution in [0.25, 0.3) is 0 Å². The maximum atomic E-state index is 4.85. The lowest BCUT2D eigenvalue weighted by Crippen LogP contribution is -1.96. The van der Waals surface area contributed by atoms with Crippen molar-refractivity contribution in [1.29, 1.82) is 0 Å². The smallest absolute Gasteiger partial charge is 0.0747 e. The second-order valence-corrected chi connectivity index (χ2v) is 1.16. The lowest BCUT2D eigenvalue weighted by molar-refractivity contribution is 1.25. The van der Waals surface area contributed by atoms with Crippen molar-refractivity contribution in [3.05, 3.63) is 0 Å². The third-order valence-corrected chi connectivity index (χ3v) is 0.520. The molecule has 0 aliphatic heterocycles. The monoisotopic (exact) mass is 99.1 g/mol. The third-order valence-electron chi connectivity index (χ3n) is 0.520. The highest BCUT2D eigenvalue weighted by Gasteiger charge is 1.74. The molecule has 0 radical (unpaired) electrons. The maximum absolute atomic E-state index is 4.85. The largest absolute Gasteiger partial charge is 0.323 e. The summed E-state index contributed by atoms with van der Waals surface area (Å²) >= 11 is 0. The molecule has 0 spiro atoms. The van der Waals surface area contributed by atoms with Crippen LogP contribution in [0.2, 0.25) is 0 Å². The molecule has 0 fully saturated rings. The van der Waals surface area contributed by atoms with Crippen molar-refractivity contribution in [2.45, 2.75) is 6.92 Å². The first-order valence-electron chi connectivity index (χ1n) is 1.98. The van der Waals surface area contributed by atoms with Crippen molar-refractivity contribution < 1.29 is 0 Å². The zero-order valence-electron chi connectivity index (χ0n) is 4.55. The van der Waals surface area contributed by atoms with Crippen LogP contribution in [0.15, 0.2) is 10.1 Å². The van der Waals surface area contributed by atoms with E-state index in [1.54, 1.807) is 20.2 Å². The van der Waals surface area contributed by atoms with Gasteiger partial charge in [-0.05, 0) is 6.92 Å². The van der Waals surface area contributed by atoms with Gasteiger partial charge in [0, 0.05) is 13.3 Å². The van der Waals surface area contributed by atoms with Crippen LogP contribution < -0.4 is 5.84 Å². The van der Waals surface area contributed by atoms with Crippen LogP contribution >= 0.6 is 0 Å². The standard InChI is InChI=1S/C4H9N3/c1-4(7-5)3-6-2/h3H,5H2,1-2H3. The summed E-state index contributed by atoms with van der Waals surface area (Å²) in [7, 11) is 1.68. The highest BCUT2D eigenvalue weighted by molar-refractivity contribution is 6.29. The van der Waals surface area contributed by atoms with Gasteiger partial charge in [-0.3, -0.25) is 4.99 Å². The number of nitrogens with zero attached hydrogens (tertiary/aromatic N) is 2. The van der Waals surface area contributed by atoms with Gasteiger partial charge in [-0.1, -0.05) is 0 Å². The Hall–Kier alpha value is -0.860. The maximum Gasteiger partial charge on any atom is 0.0747 e. The summed E-state index contributed by atoms with van der Waals surface area (Å²) < 4.78 is 0. The van der Waals surface area contributed by atoms with E-state index in [1.807, 2.05) is 0 Å². The van der Waals surface area contributed by atoms with E-state index in [-0.39, 0.29) is 0 Å². The molecule has 0 unspecified atom stereocenters. The Kier molecular flexibility index (Phi) is 2.92. The molecule has 0 aliphatic rings. The molecule has 0 saturated heterocycles. The predicted octanol–water partition coefficient (Wildman–Crippen LogP) is 0.0216. The molecular formula is C4H9N3. The normalized spacial score (nSPS) is 13.1. The SMILES string of the molecule is CN=CC(C)=NN. The minimum absolute atomic E-state index is 0.738. The quantitative estimate of drug-likeness (QED) is 0.281. The van der Waals surface area contributed by atoms with Crippen molar-refractivity contribution in [2.24, 2.45) is 15.9 Å². The fourth-order valence-electron chi connectivity index (χ4n) is 0.220. The summed E-state index contributed by atoms with van der Waals surface area (Å²) in [6, 6.07) is 0. The Morgan fingerprint density at radius 1 is 1.71 bits per heavy atom. The van der Waals surface area contributed by atoms with Crippen LogP contribution in [0.5, 0.6) is 0 Å². The molecule has 7 heavy (non-hydrogen) atoms. The van der Waals surface area contributed by atoms with Gasteiger partial charge in [0.05, 0.1) is 5.71 Å². The van der Waals surface area contributed by atoms with Gasteiger partial charge in [-0.25, -0.2) is 0 Å². The first kappa shape index (κ1) is 6.14. The third kappa shape index (κ3) is 2.96. The lowest BCUT2D eigenvalue weighted by Gasteiger charge is -1.79. The zero-order valence-corrected chi connectivity index (χ0v) is 4.55. The van der Waals surface area contributed by atoms with Gasteiger partial charge in [0.1, 0.15) is 0 Å². The van der Waals surface area contributed by atoms with Gasteiger partial charge in [0.2, 0.25) is 0 Å². The number of nitrogens with two attached hydrogens (primary N) is 1. The van der Waals surface area contributed by atoms with Gasteiger partial charge in [-0.15, -0.1) is 0 Å². The van der Waals surface area contributed by atoms with Crippen LogP contribution in [0, 0.1) is 0 Å². The molecule has 0 aromatic heterocycles. The summed E-state index contributed by atoms with van der Waals surface area (Å²) in [5.41, 5.74) is 0.738. The number of hydrogen-bond acceptors (Lipinski definition) is 3. The lowest BCUT2D eigenvalue weighted by atomic mass is 10.5. The average Bonchev–Trinajstić information content (AvgIpc) is 1.68. The second-order valence-electron chi connectivity index (χ2n) is 1.16. The molecule has 0 bridgehead atoms. The molecule has 40 valence electrons. The van der Waals surface area contributed by atoms with Crippen LogP contribution in [0.1, 0.15) is 6.92 Å². The summed E-state index contributed by atoms with van der Waals surface area (Å²) in [4.78, 5) is 3.67. The van der Waals surface area contributed by atoms with Crippen LogP contribution in [-0.2, 0) is 0 Å². The number of aliphatic imine (C=N–C) groups is 1. The summed E-state index contributed by atoms with van der Waals surface area (Å²) in [5, 5.41) is 3.35. The Labute approximate surface area is 42.9 Å². The zero-order chi connectivity index (χ0) is 5.70. The fraction of sp³-hybridized carbons (Fsp3) is 0.500. The molecule has 0 rings (SSSR count). The Bertz CT molecular complexity index is 93.1. The van der Waals surface area contributed by atoms with Crippen molar-refractivity contribution in [1.82, 2.24) is 0 Å². The molecule has 3 heteroatoms. The number of hydrazone groups is 1. The molecule has 0 amide bonds.